The number of H-pyrrole nitrogens is 1. The topological polar surface area (TPSA) is 114 Å². The molecule has 0 saturated carbocycles. The predicted octanol–water partition coefficient (Wildman–Crippen LogP) is 6.01. The SMILES string of the molecule is N[C@H](COc1cncc(-c2ccc3c(Cl)nccc3c2)c1)Cc1c[nH]c2ccccc12.O=C(O)C(F)(F)F. The molecule has 0 bridgehead atoms. The molecule has 0 unspecified atom stereocenters. The number of benzene rings is 2. The van der Waals surface area contributed by atoms with E-state index in [0.717, 1.165) is 33.8 Å². The molecule has 7 nitrogen and oxygen atoms in total. The van der Waals surface area contributed by atoms with Gasteiger partial charge in [0.1, 0.15) is 17.5 Å². The van der Waals surface area contributed by atoms with Crippen molar-refractivity contribution in [2.75, 3.05) is 6.61 Å². The minimum atomic E-state index is -5.08. The number of fused-ring (bicyclic) bond motifs is 2. The monoisotopic (exact) mass is 542 g/mol. The first-order valence-corrected chi connectivity index (χ1v) is 11.7. The summed E-state index contributed by atoms with van der Waals surface area (Å²) in [5.74, 6) is -2.06. The number of aromatic nitrogens is 3. The molecule has 0 fully saturated rings. The zero-order valence-electron chi connectivity index (χ0n) is 19.7. The number of carboxylic acid groups (broad SMARTS) is 1. The lowest BCUT2D eigenvalue weighted by Gasteiger charge is -2.13. The Morgan fingerprint density at radius 1 is 1.08 bits per heavy atom. The number of nitrogens with one attached hydrogen (secondary N) is 1. The van der Waals surface area contributed by atoms with Gasteiger partial charge >= 0.3 is 12.1 Å². The lowest BCUT2D eigenvalue weighted by molar-refractivity contribution is -0.192. The summed E-state index contributed by atoms with van der Waals surface area (Å²) in [4.78, 5) is 20.7. The average Bonchev–Trinajstić information content (AvgIpc) is 3.30. The van der Waals surface area contributed by atoms with E-state index in [2.05, 4.69) is 33.2 Å². The van der Waals surface area contributed by atoms with Crippen LogP contribution in [0.25, 0.3) is 32.8 Å². The van der Waals surface area contributed by atoms with Crippen LogP contribution in [0.15, 0.2) is 79.4 Å². The Bertz CT molecular complexity index is 1570. The van der Waals surface area contributed by atoms with E-state index >= 15 is 0 Å². The molecule has 196 valence electrons. The van der Waals surface area contributed by atoms with Crippen LogP contribution >= 0.6 is 11.6 Å². The van der Waals surface area contributed by atoms with Gasteiger partial charge in [-0.05, 0) is 47.2 Å². The Balaban J connectivity index is 0.000000426. The Kier molecular flexibility index (Phi) is 8.13. The number of hydrogen-bond donors (Lipinski definition) is 3. The molecule has 38 heavy (non-hydrogen) atoms. The number of para-hydroxylation sites is 1. The number of carbonyl (C=O) groups is 1. The van der Waals surface area contributed by atoms with Crippen LogP contribution in [0.4, 0.5) is 13.2 Å². The zero-order chi connectivity index (χ0) is 27.3. The first-order chi connectivity index (χ1) is 18.1. The summed E-state index contributed by atoms with van der Waals surface area (Å²) < 4.78 is 37.7. The number of alkyl halides is 3. The van der Waals surface area contributed by atoms with Gasteiger partial charge in [0.25, 0.3) is 0 Å². The summed E-state index contributed by atoms with van der Waals surface area (Å²) in [6.45, 7) is 0.406. The van der Waals surface area contributed by atoms with Crippen LogP contribution in [-0.4, -0.2) is 44.9 Å². The number of aromatic amines is 1. The highest BCUT2D eigenvalue weighted by Gasteiger charge is 2.38. The molecule has 0 aliphatic rings. The number of rotatable bonds is 6. The molecule has 0 saturated heterocycles. The third-order valence-electron chi connectivity index (χ3n) is 5.63. The van der Waals surface area contributed by atoms with Crippen LogP contribution < -0.4 is 10.5 Å². The van der Waals surface area contributed by atoms with Crippen molar-refractivity contribution in [1.82, 2.24) is 15.0 Å². The number of hydrogen-bond acceptors (Lipinski definition) is 5. The van der Waals surface area contributed by atoms with Crippen molar-refractivity contribution in [3.63, 3.8) is 0 Å². The van der Waals surface area contributed by atoms with E-state index in [4.69, 9.17) is 32.0 Å². The first kappa shape index (κ1) is 26.9. The highest BCUT2D eigenvalue weighted by atomic mass is 35.5. The van der Waals surface area contributed by atoms with Gasteiger partial charge in [-0.15, -0.1) is 0 Å². The van der Waals surface area contributed by atoms with Crippen molar-refractivity contribution in [2.45, 2.75) is 18.6 Å². The molecule has 11 heteroatoms. The molecule has 5 aromatic rings. The number of nitrogens with two attached hydrogens (primary N) is 1. The third kappa shape index (κ3) is 6.58. The smallest absolute Gasteiger partial charge is 0.490 e. The fraction of sp³-hybridized carbons (Fsp3) is 0.148. The molecule has 0 aliphatic carbocycles. The van der Waals surface area contributed by atoms with Gasteiger partial charge in [0.15, 0.2) is 0 Å². The molecule has 5 rings (SSSR count). The maximum atomic E-state index is 10.6. The van der Waals surface area contributed by atoms with E-state index < -0.39 is 12.1 Å². The summed E-state index contributed by atoms with van der Waals surface area (Å²) in [5, 5.41) is 10.8. The van der Waals surface area contributed by atoms with Gasteiger partial charge in [-0.2, -0.15) is 13.2 Å². The maximum Gasteiger partial charge on any atom is 0.490 e. The van der Waals surface area contributed by atoms with Crippen LogP contribution in [0.3, 0.4) is 0 Å². The molecule has 1 atom stereocenters. The Labute approximate surface area is 220 Å². The highest BCUT2D eigenvalue weighted by Crippen LogP contribution is 2.29. The molecule has 0 spiro atoms. The van der Waals surface area contributed by atoms with Crippen LogP contribution in [-0.2, 0) is 11.2 Å². The molecule has 4 N–H and O–H groups in total. The number of pyridine rings is 2. The van der Waals surface area contributed by atoms with Crippen molar-refractivity contribution in [2.24, 2.45) is 5.73 Å². The maximum absolute atomic E-state index is 10.6. The van der Waals surface area contributed by atoms with Gasteiger partial charge in [0.05, 0.1) is 6.20 Å². The van der Waals surface area contributed by atoms with Gasteiger partial charge in [0, 0.05) is 46.5 Å². The lowest BCUT2D eigenvalue weighted by atomic mass is 10.0. The third-order valence-corrected chi connectivity index (χ3v) is 5.93. The van der Waals surface area contributed by atoms with Gasteiger partial charge in [0.2, 0.25) is 0 Å². The average molecular weight is 543 g/mol. The van der Waals surface area contributed by atoms with Crippen LogP contribution in [0.5, 0.6) is 5.75 Å². The van der Waals surface area contributed by atoms with E-state index in [-0.39, 0.29) is 6.04 Å². The first-order valence-electron chi connectivity index (χ1n) is 11.3. The van der Waals surface area contributed by atoms with Gasteiger partial charge in [-0.1, -0.05) is 41.9 Å². The summed E-state index contributed by atoms with van der Waals surface area (Å²) in [7, 11) is 0. The van der Waals surface area contributed by atoms with Crippen LogP contribution in [0.2, 0.25) is 5.15 Å². The summed E-state index contributed by atoms with van der Waals surface area (Å²) in [5.41, 5.74) is 10.7. The van der Waals surface area contributed by atoms with E-state index in [0.29, 0.717) is 17.5 Å². The highest BCUT2D eigenvalue weighted by molar-refractivity contribution is 6.34. The standard InChI is InChI=1S/C25H21ClN4O.C2HF3O2/c26-25-23-6-5-16(9-17(23)7-8-29-25)18-11-21(14-28-12-18)31-15-20(27)10-19-13-30-24-4-2-1-3-22(19)24;3-2(4,5)1(6)7/h1-9,11-14,20,30H,10,15,27H2;(H,6,7)/t20-;/m0./s1. The number of carboxylic acids is 1. The summed E-state index contributed by atoms with van der Waals surface area (Å²) >= 11 is 6.18. The Morgan fingerprint density at radius 2 is 1.84 bits per heavy atom. The van der Waals surface area contributed by atoms with E-state index in [1.54, 1.807) is 12.4 Å². The van der Waals surface area contributed by atoms with Crippen molar-refractivity contribution < 1.29 is 27.8 Å². The van der Waals surface area contributed by atoms with E-state index in [9.17, 15) is 13.2 Å². The number of nitrogens with zero attached hydrogens (tertiary/aromatic N) is 2. The minimum Gasteiger partial charge on any atom is -0.490 e. The van der Waals surface area contributed by atoms with Crippen LogP contribution in [0.1, 0.15) is 5.56 Å². The second-order valence-corrected chi connectivity index (χ2v) is 8.74. The molecular formula is C27H22ClF3N4O3. The predicted molar refractivity (Wildman–Crippen MR) is 139 cm³/mol. The number of aliphatic carboxylic acids is 1. The molecule has 2 aromatic carbocycles. The fourth-order valence-electron chi connectivity index (χ4n) is 3.82. The largest absolute Gasteiger partial charge is 0.490 e. The molecule has 0 amide bonds. The summed E-state index contributed by atoms with van der Waals surface area (Å²) in [6, 6.07) is 18.1. The van der Waals surface area contributed by atoms with E-state index in [1.165, 1.54) is 10.9 Å². The van der Waals surface area contributed by atoms with Crippen molar-refractivity contribution in [3.8, 4) is 16.9 Å². The van der Waals surface area contributed by atoms with Crippen molar-refractivity contribution in [1.29, 1.82) is 0 Å². The second kappa shape index (κ2) is 11.5. The van der Waals surface area contributed by atoms with Crippen molar-refractivity contribution >= 4 is 39.2 Å². The zero-order valence-corrected chi connectivity index (χ0v) is 20.5. The number of halogens is 4. The molecular weight excluding hydrogens is 521 g/mol. The fourth-order valence-corrected chi connectivity index (χ4v) is 4.05. The molecule has 0 aliphatic heterocycles. The molecule has 3 heterocycles. The molecule has 3 aromatic heterocycles. The van der Waals surface area contributed by atoms with Crippen LogP contribution in [0, 0.1) is 0 Å². The van der Waals surface area contributed by atoms with Gasteiger partial charge < -0.3 is 20.6 Å². The number of ether oxygens (including phenoxy) is 1. The quantitative estimate of drug-likeness (QED) is 0.226. The normalized spacial score (nSPS) is 12.1. The Hall–Kier alpha value is -4.15. The van der Waals surface area contributed by atoms with Crippen molar-refractivity contribution in [3.05, 3.63) is 90.1 Å². The molecule has 0 radical (unpaired) electrons. The second-order valence-electron chi connectivity index (χ2n) is 8.38. The minimum absolute atomic E-state index is 0.127. The van der Waals surface area contributed by atoms with Gasteiger partial charge in [-0.3, -0.25) is 4.98 Å². The summed E-state index contributed by atoms with van der Waals surface area (Å²) in [6.07, 6.45) is 2.92. The van der Waals surface area contributed by atoms with Gasteiger partial charge in [-0.25, -0.2) is 9.78 Å². The Morgan fingerprint density at radius 3 is 2.61 bits per heavy atom. The lowest BCUT2D eigenvalue weighted by Crippen LogP contribution is -2.30. The van der Waals surface area contributed by atoms with E-state index in [1.807, 2.05) is 48.8 Å².